The molecular weight excluding hydrogens is 380 g/mol. The summed E-state index contributed by atoms with van der Waals surface area (Å²) >= 11 is 0. The summed E-state index contributed by atoms with van der Waals surface area (Å²) in [6.07, 6.45) is 2.43. The van der Waals surface area contributed by atoms with Crippen LogP contribution in [0.4, 0.5) is 0 Å². The lowest BCUT2D eigenvalue weighted by Crippen LogP contribution is -2.36. The van der Waals surface area contributed by atoms with Crippen molar-refractivity contribution in [3.8, 4) is 5.75 Å². The number of rotatable bonds is 6. The lowest BCUT2D eigenvalue weighted by atomic mass is 10.1. The molecule has 0 spiro atoms. The van der Waals surface area contributed by atoms with Crippen molar-refractivity contribution in [2.45, 2.75) is 44.9 Å². The Hall–Kier alpha value is -3.35. The van der Waals surface area contributed by atoms with E-state index in [1.807, 2.05) is 54.6 Å². The average Bonchev–Trinajstić information content (AvgIpc) is 2.90. The predicted molar refractivity (Wildman–Crippen MR) is 113 cm³/mol. The number of carbonyl (C=O) groups excluding carboxylic acids is 1. The quantitative estimate of drug-likeness (QED) is 0.681. The predicted octanol–water partition coefficient (Wildman–Crippen LogP) is 2.22. The van der Waals surface area contributed by atoms with Crippen LogP contribution in [0.5, 0.6) is 5.75 Å². The monoisotopic (exact) mass is 406 g/mol. The summed E-state index contributed by atoms with van der Waals surface area (Å²) in [5.41, 5.74) is 1.85. The molecular formula is C23H26N4O3. The molecule has 1 aliphatic rings. The van der Waals surface area contributed by atoms with E-state index in [2.05, 4.69) is 10.4 Å². The van der Waals surface area contributed by atoms with Crippen molar-refractivity contribution in [2.24, 2.45) is 7.05 Å². The molecule has 0 saturated carbocycles. The number of aromatic nitrogens is 3. The van der Waals surface area contributed by atoms with Gasteiger partial charge in [-0.15, -0.1) is 0 Å². The van der Waals surface area contributed by atoms with Crippen LogP contribution in [0.2, 0.25) is 0 Å². The van der Waals surface area contributed by atoms with Gasteiger partial charge in [0.2, 0.25) is 5.91 Å². The van der Waals surface area contributed by atoms with Crippen molar-refractivity contribution in [2.75, 3.05) is 0 Å². The van der Waals surface area contributed by atoms with Gasteiger partial charge >= 0.3 is 5.69 Å². The number of benzene rings is 2. The number of para-hydroxylation sites is 1. The standard InChI is InChI=1S/C23H26N4O3/c1-26-23(29)27-14-13-19(11-12-21(27)25-26)24-22(28)15-18-9-5-6-10-20(18)30-16-17-7-3-2-4-8-17/h2-10,19H,11-16H2,1H3,(H,24,28). The maximum absolute atomic E-state index is 12.7. The third-order valence-electron chi connectivity index (χ3n) is 5.43. The van der Waals surface area contributed by atoms with Gasteiger partial charge in [0, 0.05) is 31.6 Å². The van der Waals surface area contributed by atoms with Gasteiger partial charge in [-0.25, -0.2) is 9.48 Å². The first-order valence-corrected chi connectivity index (χ1v) is 10.3. The van der Waals surface area contributed by atoms with E-state index in [0.29, 0.717) is 19.6 Å². The number of nitrogens with one attached hydrogen (secondary N) is 1. The third-order valence-corrected chi connectivity index (χ3v) is 5.43. The second-order valence-electron chi connectivity index (χ2n) is 7.62. The summed E-state index contributed by atoms with van der Waals surface area (Å²) in [7, 11) is 1.67. The minimum absolute atomic E-state index is 0.0290. The Morgan fingerprint density at radius 3 is 2.73 bits per heavy atom. The van der Waals surface area contributed by atoms with Gasteiger partial charge in [0.1, 0.15) is 18.2 Å². The highest BCUT2D eigenvalue weighted by molar-refractivity contribution is 5.79. The molecule has 4 rings (SSSR count). The summed E-state index contributed by atoms with van der Waals surface area (Å²) in [4.78, 5) is 24.8. The molecule has 30 heavy (non-hydrogen) atoms. The maximum Gasteiger partial charge on any atom is 0.345 e. The fourth-order valence-corrected chi connectivity index (χ4v) is 3.82. The molecule has 0 fully saturated rings. The van der Waals surface area contributed by atoms with Crippen molar-refractivity contribution < 1.29 is 9.53 Å². The van der Waals surface area contributed by atoms with E-state index in [4.69, 9.17) is 4.74 Å². The molecule has 156 valence electrons. The van der Waals surface area contributed by atoms with Gasteiger partial charge in [0.25, 0.3) is 0 Å². The summed E-state index contributed by atoms with van der Waals surface area (Å²) in [5, 5.41) is 7.41. The first-order valence-electron chi connectivity index (χ1n) is 10.3. The molecule has 1 aromatic heterocycles. The summed E-state index contributed by atoms with van der Waals surface area (Å²) in [5.74, 6) is 1.48. The van der Waals surface area contributed by atoms with Crippen LogP contribution in [0.3, 0.4) is 0 Å². The van der Waals surface area contributed by atoms with E-state index in [0.717, 1.165) is 35.5 Å². The molecule has 0 saturated heterocycles. The van der Waals surface area contributed by atoms with Crippen molar-refractivity contribution in [3.63, 3.8) is 0 Å². The number of ether oxygens (including phenoxy) is 1. The van der Waals surface area contributed by atoms with Crippen LogP contribution < -0.4 is 15.7 Å². The van der Waals surface area contributed by atoms with Gasteiger partial charge < -0.3 is 10.1 Å². The molecule has 0 radical (unpaired) electrons. The Morgan fingerprint density at radius 2 is 1.90 bits per heavy atom. The Morgan fingerprint density at radius 1 is 1.13 bits per heavy atom. The second kappa shape index (κ2) is 8.98. The normalized spacial score (nSPS) is 15.8. The van der Waals surface area contributed by atoms with Gasteiger partial charge in [-0.05, 0) is 24.5 Å². The second-order valence-corrected chi connectivity index (χ2v) is 7.62. The zero-order chi connectivity index (χ0) is 20.9. The van der Waals surface area contributed by atoms with Crippen molar-refractivity contribution in [1.29, 1.82) is 0 Å². The first kappa shape index (κ1) is 19.9. The molecule has 1 aliphatic heterocycles. The molecule has 7 heteroatoms. The van der Waals surface area contributed by atoms with Gasteiger partial charge in [-0.1, -0.05) is 48.5 Å². The number of hydrogen-bond donors (Lipinski definition) is 1. The highest BCUT2D eigenvalue weighted by Crippen LogP contribution is 2.20. The summed E-state index contributed by atoms with van der Waals surface area (Å²) in [6, 6.07) is 17.6. The molecule has 1 atom stereocenters. The summed E-state index contributed by atoms with van der Waals surface area (Å²) in [6.45, 7) is 1.03. The van der Waals surface area contributed by atoms with Gasteiger partial charge in [0.15, 0.2) is 0 Å². The third kappa shape index (κ3) is 4.62. The molecule has 0 bridgehead atoms. The lowest BCUT2D eigenvalue weighted by molar-refractivity contribution is -0.121. The molecule has 7 nitrogen and oxygen atoms in total. The summed E-state index contributed by atoms with van der Waals surface area (Å²) < 4.78 is 9.04. The van der Waals surface area contributed by atoms with Crippen molar-refractivity contribution in [3.05, 3.63) is 82.0 Å². The Balaban J connectivity index is 1.35. The fourth-order valence-electron chi connectivity index (χ4n) is 3.82. The van der Waals surface area contributed by atoms with Crippen molar-refractivity contribution >= 4 is 5.91 Å². The first-order chi connectivity index (χ1) is 14.6. The van der Waals surface area contributed by atoms with Crippen LogP contribution in [0, 0.1) is 0 Å². The van der Waals surface area contributed by atoms with Crippen LogP contribution >= 0.6 is 0 Å². The Kier molecular flexibility index (Phi) is 5.97. The zero-order valence-corrected chi connectivity index (χ0v) is 17.1. The fraction of sp³-hybridized carbons (Fsp3) is 0.348. The number of aryl methyl sites for hydroxylation is 2. The highest BCUT2D eigenvalue weighted by Gasteiger charge is 2.21. The molecule has 1 N–H and O–H groups in total. The van der Waals surface area contributed by atoms with Gasteiger partial charge in [-0.3, -0.25) is 9.36 Å². The van der Waals surface area contributed by atoms with E-state index in [9.17, 15) is 9.59 Å². The molecule has 1 unspecified atom stereocenters. The van der Waals surface area contributed by atoms with E-state index in [1.54, 1.807) is 11.6 Å². The number of hydrogen-bond acceptors (Lipinski definition) is 4. The molecule has 2 heterocycles. The minimum Gasteiger partial charge on any atom is -0.489 e. The Labute approximate surface area is 175 Å². The van der Waals surface area contributed by atoms with Crippen LogP contribution in [-0.4, -0.2) is 26.3 Å². The van der Waals surface area contributed by atoms with E-state index < -0.39 is 0 Å². The van der Waals surface area contributed by atoms with Gasteiger partial charge in [-0.2, -0.15) is 5.10 Å². The van der Waals surface area contributed by atoms with Crippen LogP contribution in [-0.2, 0) is 37.8 Å². The largest absolute Gasteiger partial charge is 0.489 e. The molecule has 3 aromatic rings. The van der Waals surface area contributed by atoms with E-state index in [-0.39, 0.29) is 24.1 Å². The van der Waals surface area contributed by atoms with Crippen molar-refractivity contribution in [1.82, 2.24) is 19.7 Å². The van der Waals surface area contributed by atoms with Gasteiger partial charge in [0.05, 0.1) is 6.42 Å². The Bertz CT molecular complexity index is 1070. The number of amides is 1. The van der Waals surface area contributed by atoms with Crippen LogP contribution in [0.15, 0.2) is 59.4 Å². The average molecular weight is 406 g/mol. The topological polar surface area (TPSA) is 78.2 Å². The smallest absolute Gasteiger partial charge is 0.345 e. The highest BCUT2D eigenvalue weighted by atomic mass is 16.5. The molecule has 1 amide bonds. The maximum atomic E-state index is 12.7. The minimum atomic E-state index is -0.0959. The molecule has 0 aliphatic carbocycles. The van der Waals surface area contributed by atoms with E-state index in [1.165, 1.54) is 4.68 Å². The zero-order valence-electron chi connectivity index (χ0n) is 17.1. The SMILES string of the molecule is Cn1nc2n(c1=O)CCC(NC(=O)Cc1ccccc1OCc1ccccc1)CC2. The number of nitrogens with zero attached hydrogens (tertiary/aromatic N) is 3. The lowest BCUT2D eigenvalue weighted by Gasteiger charge is -2.17. The van der Waals surface area contributed by atoms with Crippen LogP contribution in [0.25, 0.3) is 0 Å². The van der Waals surface area contributed by atoms with Crippen LogP contribution in [0.1, 0.15) is 29.8 Å². The van der Waals surface area contributed by atoms with E-state index >= 15 is 0 Å². The number of fused-ring (bicyclic) bond motifs is 1. The molecule has 2 aromatic carbocycles. The number of carbonyl (C=O) groups is 1.